The zero-order valence-corrected chi connectivity index (χ0v) is 9.49. The number of nitrogens with two attached hydrogens (primary N) is 1. The maximum absolute atomic E-state index is 11.7. The third kappa shape index (κ3) is 2.98. The molecule has 3 atom stereocenters. The molecule has 0 saturated heterocycles. The molecule has 82 valence electrons. The molecule has 0 spiro atoms. The fourth-order valence-corrected chi connectivity index (χ4v) is 1.81. The third-order valence-electron chi connectivity index (χ3n) is 3.08. The molecule has 0 aromatic heterocycles. The molecule has 0 aromatic rings. The smallest absolute Gasteiger partial charge is 0.239 e. The second-order valence-corrected chi connectivity index (χ2v) is 4.59. The molecular formula is C11H22N2O. The summed E-state index contributed by atoms with van der Waals surface area (Å²) >= 11 is 0. The van der Waals surface area contributed by atoms with Gasteiger partial charge in [0.25, 0.3) is 0 Å². The fourth-order valence-electron chi connectivity index (χ4n) is 1.81. The Labute approximate surface area is 86.6 Å². The van der Waals surface area contributed by atoms with Crippen LogP contribution in [0, 0.1) is 11.8 Å². The minimum atomic E-state index is -0.293. The molecule has 0 aromatic carbocycles. The van der Waals surface area contributed by atoms with Gasteiger partial charge < -0.3 is 10.6 Å². The van der Waals surface area contributed by atoms with Gasteiger partial charge in [-0.3, -0.25) is 4.79 Å². The predicted octanol–water partition coefficient (Wildman–Crippen LogP) is 1.23. The lowest BCUT2D eigenvalue weighted by Gasteiger charge is -2.21. The van der Waals surface area contributed by atoms with E-state index in [-0.39, 0.29) is 11.9 Å². The lowest BCUT2D eigenvalue weighted by Crippen LogP contribution is -2.42. The van der Waals surface area contributed by atoms with Crippen molar-refractivity contribution in [2.75, 3.05) is 13.6 Å². The van der Waals surface area contributed by atoms with Crippen LogP contribution >= 0.6 is 0 Å². The molecule has 0 aliphatic heterocycles. The number of amides is 1. The monoisotopic (exact) mass is 198 g/mol. The molecule has 3 unspecified atom stereocenters. The van der Waals surface area contributed by atoms with Crippen LogP contribution in [0.5, 0.6) is 0 Å². The number of hydrogen-bond acceptors (Lipinski definition) is 2. The average molecular weight is 198 g/mol. The molecule has 1 aliphatic rings. The van der Waals surface area contributed by atoms with Crippen LogP contribution in [0.25, 0.3) is 0 Å². The lowest BCUT2D eigenvalue weighted by molar-refractivity contribution is -0.131. The van der Waals surface area contributed by atoms with Gasteiger partial charge in [0.2, 0.25) is 5.91 Å². The maximum Gasteiger partial charge on any atom is 0.239 e. The van der Waals surface area contributed by atoms with E-state index in [2.05, 4.69) is 13.8 Å². The molecule has 0 radical (unpaired) electrons. The van der Waals surface area contributed by atoms with Gasteiger partial charge in [0.15, 0.2) is 0 Å². The van der Waals surface area contributed by atoms with Crippen LogP contribution in [0.2, 0.25) is 0 Å². The summed E-state index contributed by atoms with van der Waals surface area (Å²) in [6, 6.07) is -0.293. The molecule has 3 heteroatoms. The Kier molecular flexibility index (Phi) is 3.93. The standard InChI is InChI=1S/C11H22N2O/c1-4-5-10(12)11(14)13(3)7-9-6-8(9)2/h8-10H,4-7,12H2,1-3H3. The summed E-state index contributed by atoms with van der Waals surface area (Å²) in [6.07, 6.45) is 3.03. The molecule has 1 aliphatic carbocycles. The normalized spacial score (nSPS) is 27.1. The van der Waals surface area contributed by atoms with Crippen LogP contribution in [0.1, 0.15) is 33.1 Å². The fraction of sp³-hybridized carbons (Fsp3) is 0.909. The molecule has 0 bridgehead atoms. The highest BCUT2D eigenvalue weighted by Crippen LogP contribution is 2.37. The third-order valence-corrected chi connectivity index (χ3v) is 3.08. The van der Waals surface area contributed by atoms with Gasteiger partial charge in [-0.1, -0.05) is 20.3 Å². The summed E-state index contributed by atoms with van der Waals surface area (Å²) in [4.78, 5) is 13.5. The van der Waals surface area contributed by atoms with Crippen LogP contribution < -0.4 is 5.73 Å². The zero-order valence-electron chi connectivity index (χ0n) is 9.49. The summed E-state index contributed by atoms with van der Waals surface area (Å²) in [5, 5.41) is 0. The Morgan fingerprint density at radius 3 is 2.64 bits per heavy atom. The number of rotatable bonds is 5. The van der Waals surface area contributed by atoms with E-state index in [4.69, 9.17) is 5.73 Å². The van der Waals surface area contributed by atoms with Gasteiger partial charge in [-0.15, -0.1) is 0 Å². The number of carbonyl (C=O) groups is 1. The van der Waals surface area contributed by atoms with E-state index in [0.29, 0.717) is 0 Å². The molecule has 1 rings (SSSR count). The van der Waals surface area contributed by atoms with E-state index in [1.165, 1.54) is 6.42 Å². The molecule has 3 nitrogen and oxygen atoms in total. The Balaban J connectivity index is 2.28. The van der Waals surface area contributed by atoms with Crippen LogP contribution in [-0.2, 0) is 4.79 Å². The molecule has 0 heterocycles. The first kappa shape index (κ1) is 11.5. The largest absolute Gasteiger partial charge is 0.344 e. The van der Waals surface area contributed by atoms with Crippen molar-refractivity contribution >= 4 is 5.91 Å². The van der Waals surface area contributed by atoms with Crippen molar-refractivity contribution in [2.45, 2.75) is 39.2 Å². The van der Waals surface area contributed by atoms with Gasteiger partial charge in [-0.2, -0.15) is 0 Å². The van der Waals surface area contributed by atoms with Crippen LogP contribution in [0.3, 0.4) is 0 Å². The van der Waals surface area contributed by atoms with E-state index >= 15 is 0 Å². The van der Waals surface area contributed by atoms with Crippen molar-refractivity contribution in [3.8, 4) is 0 Å². The lowest BCUT2D eigenvalue weighted by atomic mass is 10.1. The van der Waals surface area contributed by atoms with E-state index in [1.807, 2.05) is 7.05 Å². The second-order valence-electron chi connectivity index (χ2n) is 4.59. The van der Waals surface area contributed by atoms with Gasteiger partial charge >= 0.3 is 0 Å². The first-order chi connectivity index (χ1) is 6.56. The van der Waals surface area contributed by atoms with Gasteiger partial charge in [0, 0.05) is 13.6 Å². The number of carbonyl (C=O) groups excluding carboxylic acids is 1. The molecule has 2 N–H and O–H groups in total. The Hall–Kier alpha value is -0.570. The second kappa shape index (κ2) is 4.78. The van der Waals surface area contributed by atoms with Crippen molar-refractivity contribution in [3.63, 3.8) is 0 Å². The quantitative estimate of drug-likeness (QED) is 0.722. The highest BCUT2D eigenvalue weighted by Gasteiger charge is 2.34. The molecule has 1 saturated carbocycles. The number of nitrogens with zero attached hydrogens (tertiary/aromatic N) is 1. The summed E-state index contributed by atoms with van der Waals surface area (Å²) in [5.41, 5.74) is 5.77. The summed E-state index contributed by atoms with van der Waals surface area (Å²) in [5.74, 6) is 1.62. The number of likely N-dealkylation sites (N-methyl/N-ethyl adjacent to an activating group) is 1. The first-order valence-electron chi connectivity index (χ1n) is 5.56. The average Bonchev–Trinajstić information content (AvgIpc) is 2.80. The molecule has 14 heavy (non-hydrogen) atoms. The Morgan fingerprint density at radius 2 is 2.21 bits per heavy atom. The van der Waals surface area contributed by atoms with Crippen molar-refractivity contribution in [2.24, 2.45) is 17.6 Å². The highest BCUT2D eigenvalue weighted by atomic mass is 16.2. The summed E-state index contributed by atoms with van der Waals surface area (Å²) in [7, 11) is 1.86. The van der Waals surface area contributed by atoms with E-state index < -0.39 is 0 Å². The van der Waals surface area contributed by atoms with Crippen molar-refractivity contribution in [1.82, 2.24) is 4.90 Å². The minimum absolute atomic E-state index is 0.103. The SMILES string of the molecule is CCCC(N)C(=O)N(C)CC1CC1C. The maximum atomic E-state index is 11.7. The van der Waals surface area contributed by atoms with Gasteiger partial charge in [0.05, 0.1) is 6.04 Å². The molecular weight excluding hydrogens is 176 g/mol. The van der Waals surface area contributed by atoms with Crippen LogP contribution in [-0.4, -0.2) is 30.4 Å². The predicted molar refractivity (Wildman–Crippen MR) is 57.8 cm³/mol. The Bertz CT molecular complexity index is 205. The van der Waals surface area contributed by atoms with Gasteiger partial charge in [0.1, 0.15) is 0 Å². The summed E-state index contributed by atoms with van der Waals surface area (Å²) < 4.78 is 0. The minimum Gasteiger partial charge on any atom is -0.344 e. The van der Waals surface area contributed by atoms with Crippen molar-refractivity contribution in [3.05, 3.63) is 0 Å². The van der Waals surface area contributed by atoms with Gasteiger partial charge in [-0.25, -0.2) is 0 Å². The van der Waals surface area contributed by atoms with Crippen molar-refractivity contribution < 1.29 is 4.79 Å². The molecule has 1 amide bonds. The van der Waals surface area contributed by atoms with Crippen LogP contribution in [0.15, 0.2) is 0 Å². The zero-order chi connectivity index (χ0) is 10.7. The van der Waals surface area contributed by atoms with Gasteiger partial charge in [-0.05, 0) is 24.7 Å². The van der Waals surface area contributed by atoms with E-state index in [9.17, 15) is 4.79 Å². The topological polar surface area (TPSA) is 46.3 Å². The van der Waals surface area contributed by atoms with E-state index in [0.717, 1.165) is 31.2 Å². The molecule has 1 fully saturated rings. The van der Waals surface area contributed by atoms with E-state index in [1.54, 1.807) is 4.90 Å². The first-order valence-corrected chi connectivity index (χ1v) is 5.56. The van der Waals surface area contributed by atoms with Crippen LogP contribution in [0.4, 0.5) is 0 Å². The number of hydrogen-bond donors (Lipinski definition) is 1. The highest BCUT2D eigenvalue weighted by molar-refractivity contribution is 5.81. The van der Waals surface area contributed by atoms with Crippen molar-refractivity contribution in [1.29, 1.82) is 0 Å². The Morgan fingerprint density at radius 1 is 1.64 bits per heavy atom. The summed E-state index contributed by atoms with van der Waals surface area (Å²) in [6.45, 7) is 5.17.